The van der Waals surface area contributed by atoms with Crippen molar-refractivity contribution in [3.8, 4) is 0 Å². The Kier molecular flexibility index (Phi) is 5.97. The van der Waals surface area contributed by atoms with Gasteiger partial charge in [-0.15, -0.1) is 0 Å². The van der Waals surface area contributed by atoms with E-state index in [0.717, 1.165) is 13.0 Å². The van der Waals surface area contributed by atoms with E-state index in [4.69, 9.17) is 10.5 Å². The number of hydrogen-bond acceptors (Lipinski definition) is 3. The second-order valence-corrected chi connectivity index (χ2v) is 5.33. The Morgan fingerprint density at radius 2 is 1.88 bits per heavy atom. The van der Waals surface area contributed by atoms with E-state index in [1.165, 1.54) is 0 Å². The van der Waals surface area contributed by atoms with Crippen molar-refractivity contribution in [1.82, 2.24) is 5.32 Å². The molecule has 0 aromatic rings. The molecule has 1 atom stereocenters. The summed E-state index contributed by atoms with van der Waals surface area (Å²) in [5.74, 6) is -0.321. The van der Waals surface area contributed by atoms with Gasteiger partial charge in [0.1, 0.15) is 0 Å². The number of nitrogens with two attached hydrogens (primary N) is 1. The van der Waals surface area contributed by atoms with Crippen LogP contribution < -0.4 is 11.1 Å². The molecule has 0 radical (unpaired) electrons. The zero-order valence-electron chi connectivity index (χ0n) is 11.2. The van der Waals surface area contributed by atoms with Crippen molar-refractivity contribution in [3.63, 3.8) is 0 Å². The van der Waals surface area contributed by atoms with Gasteiger partial charge in [-0.2, -0.15) is 0 Å². The molecule has 0 aliphatic carbocycles. The van der Waals surface area contributed by atoms with Gasteiger partial charge in [-0.1, -0.05) is 6.92 Å². The molecule has 0 fully saturated rings. The first kappa shape index (κ1) is 15.4. The third-order valence-electron chi connectivity index (χ3n) is 2.45. The highest BCUT2D eigenvalue weighted by Crippen LogP contribution is 2.13. The molecule has 0 saturated carbocycles. The fourth-order valence-electron chi connectivity index (χ4n) is 1.26. The summed E-state index contributed by atoms with van der Waals surface area (Å²) in [6.45, 7) is 11.2. The largest absolute Gasteiger partial charge is 0.376 e. The molecule has 16 heavy (non-hydrogen) atoms. The minimum absolute atomic E-state index is 0.177. The number of ether oxygens (including phenoxy) is 1. The van der Waals surface area contributed by atoms with Gasteiger partial charge in [-0.25, -0.2) is 0 Å². The number of nitrogens with one attached hydrogen (secondary N) is 1. The van der Waals surface area contributed by atoms with Crippen LogP contribution in [0.15, 0.2) is 0 Å². The highest BCUT2D eigenvalue weighted by molar-refractivity contribution is 5.84. The third-order valence-corrected chi connectivity index (χ3v) is 2.45. The Morgan fingerprint density at radius 3 is 2.25 bits per heavy atom. The predicted octanol–water partition coefficient (Wildman–Crippen LogP) is 1.44. The lowest BCUT2D eigenvalue weighted by molar-refractivity contribution is -0.125. The lowest BCUT2D eigenvalue weighted by Gasteiger charge is -2.29. The fraction of sp³-hybridized carbons (Fsp3) is 0.917. The number of rotatable bonds is 7. The molecule has 0 spiro atoms. The Bertz CT molecular complexity index is 224. The van der Waals surface area contributed by atoms with Crippen LogP contribution in [-0.4, -0.2) is 30.2 Å². The van der Waals surface area contributed by atoms with E-state index < -0.39 is 5.54 Å². The maximum atomic E-state index is 11.4. The molecule has 0 bridgehead atoms. The zero-order chi connectivity index (χ0) is 12.8. The average Bonchev–Trinajstić information content (AvgIpc) is 2.12. The van der Waals surface area contributed by atoms with Crippen molar-refractivity contribution in [2.75, 3.05) is 13.2 Å². The number of primary amides is 1. The normalized spacial score (nSPS) is 15.8. The smallest absolute Gasteiger partial charge is 0.237 e. The number of carbonyl (C=O) groups excluding carboxylic acids is 1. The summed E-state index contributed by atoms with van der Waals surface area (Å²) < 4.78 is 5.61. The number of amides is 1. The fourth-order valence-corrected chi connectivity index (χ4v) is 1.26. The summed E-state index contributed by atoms with van der Waals surface area (Å²) in [7, 11) is 0. The second-order valence-electron chi connectivity index (χ2n) is 5.33. The van der Waals surface area contributed by atoms with Gasteiger partial charge in [-0.05, 0) is 47.1 Å². The predicted molar refractivity (Wildman–Crippen MR) is 66.2 cm³/mol. The van der Waals surface area contributed by atoms with Crippen LogP contribution in [0.1, 0.15) is 47.5 Å². The quantitative estimate of drug-likeness (QED) is 0.695. The van der Waals surface area contributed by atoms with Crippen LogP contribution in [0, 0.1) is 0 Å². The van der Waals surface area contributed by atoms with E-state index in [9.17, 15) is 4.79 Å². The number of carbonyl (C=O) groups is 1. The Balaban J connectivity index is 4.18. The minimum Gasteiger partial charge on any atom is -0.376 e. The highest BCUT2D eigenvalue weighted by atomic mass is 16.5. The SMILES string of the molecule is CCCNC(C)(CCOC(C)(C)C)C(N)=O. The Labute approximate surface area is 98.9 Å². The van der Waals surface area contributed by atoms with Gasteiger partial charge in [0.25, 0.3) is 0 Å². The van der Waals surface area contributed by atoms with Gasteiger partial charge < -0.3 is 15.8 Å². The van der Waals surface area contributed by atoms with Crippen LogP contribution in [0.3, 0.4) is 0 Å². The topological polar surface area (TPSA) is 64.3 Å². The molecule has 0 aromatic carbocycles. The monoisotopic (exact) mass is 230 g/mol. The lowest BCUT2D eigenvalue weighted by Crippen LogP contribution is -2.54. The molecule has 1 amide bonds. The summed E-state index contributed by atoms with van der Waals surface area (Å²) >= 11 is 0. The standard InChI is InChI=1S/C12H26N2O2/c1-6-8-14-12(5,10(13)15)7-9-16-11(2,3)4/h14H,6-9H2,1-5H3,(H2,13,15). The zero-order valence-corrected chi connectivity index (χ0v) is 11.2. The molecule has 0 aliphatic heterocycles. The second kappa shape index (κ2) is 6.21. The van der Waals surface area contributed by atoms with E-state index in [2.05, 4.69) is 12.2 Å². The number of hydrogen-bond donors (Lipinski definition) is 2. The van der Waals surface area contributed by atoms with Crippen molar-refractivity contribution < 1.29 is 9.53 Å². The first-order valence-electron chi connectivity index (χ1n) is 5.90. The van der Waals surface area contributed by atoms with Crippen molar-refractivity contribution in [1.29, 1.82) is 0 Å². The first-order chi connectivity index (χ1) is 7.21. The lowest BCUT2D eigenvalue weighted by atomic mass is 9.97. The molecular weight excluding hydrogens is 204 g/mol. The summed E-state index contributed by atoms with van der Waals surface area (Å²) in [4.78, 5) is 11.4. The molecule has 0 aromatic heterocycles. The van der Waals surface area contributed by atoms with Gasteiger partial charge in [0.15, 0.2) is 0 Å². The Morgan fingerprint density at radius 1 is 1.31 bits per heavy atom. The Hall–Kier alpha value is -0.610. The van der Waals surface area contributed by atoms with E-state index in [-0.39, 0.29) is 11.5 Å². The molecular formula is C12H26N2O2. The maximum Gasteiger partial charge on any atom is 0.237 e. The van der Waals surface area contributed by atoms with Gasteiger partial charge in [0.2, 0.25) is 5.91 Å². The van der Waals surface area contributed by atoms with Crippen LogP contribution in [0.5, 0.6) is 0 Å². The van der Waals surface area contributed by atoms with E-state index in [0.29, 0.717) is 13.0 Å². The van der Waals surface area contributed by atoms with Crippen molar-refractivity contribution >= 4 is 5.91 Å². The molecule has 96 valence electrons. The van der Waals surface area contributed by atoms with E-state index in [1.54, 1.807) is 0 Å². The molecule has 1 unspecified atom stereocenters. The van der Waals surface area contributed by atoms with E-state index >= 15 is 0 Å². The molecule has 0 rings (SSSR count). The van der Waals surface area contributed by atoms with Gasteiger partial charge in [0.05, 0.1) is 11.1 Å². The van der Waals surface area contributed by atoms with Gasteiger partial charge in [0, 0.05) is 6.61 Å². The molecule has 4 nitrogen and oxygen atoms in total. The van der Waals surface area contributed by atoms with Crippen LogP contribution in [0.4, 0.5) is 0 Å². The molecule has 0 aliphatic rings. The van der Waals surface area contributed by atoms with Crippen LogP contribution in [-0.2, 0) is 9.53 Å². The summed E-state index contributed by atoms with van der Waals surface area (Å²) in [6.07, 6.45) is 1.57. The van der Waals surface area contributed by atoms with Crippen molar-refractivity contribution in [2.24, 2.45) is 5.73 Å². The van der Waals surface area contributed by atoms with Crippen molar-refractivity contribution in [3.05, 3.63) is 0 Å². The third kappa shape index (κ3) is 6.08. The highest BCUT2D eigenvalue weighted by Gasteiger charge is 2.30. The minimum atomic E-state index is -0.665. The molecule has 0 saturated heterocycles. The average molecular weight is 230 g/mol. The summed E-state index contributed by atoms with van der Waals surface area (Å²) in [5.41, 5.74) is 4.56. The van der Waals surface area contributed by atoms with Crippen LogP contribution in [0.25, 0.3) is 0 Å². The first-order valence-corrected chi connectivity index (χ1v) is 5.90. The van der Waals surface area contributed by atoms with E-state index in [1.807, 2.05) is 27.7 Å². The maximum absolute atomic E-state index is 11.4. The van der Waals surface area contributed by atoms with Crippen molar-refractivity contribution in [2.45, 2.75) is 58.6 Å². The molecule has 0 heterocycles. The van der Waals surface area contributed by atoms with Crippen LogP contribution >= 0.6 is 0 Å². The van der Waals surface area contributed by atoms with Gasteiger partial charge in [-0.3, -0.25) is 4.79 Å². The summed E-state index contributed by atoms with van der Waals surface area (Å²) in [5, 5.41) is 3.18. The summed E-state index contributed by atoms with van der Waals surface area (Å²) in [6, 6.07) is 0. The molecule has 3 N–H and O–H groups in total. The van der Waals surface area contributed by atoms with Gasteiger partial charge >= 0.3 is 0 Å². The van der Waals surface area contributed by atoms with Crippen LogP contribution in [0.2, 0.25) is 0 Å². The molecule has 4 heteroatoms.